The molecule has 5 nitrogen and oxygen atoms in total. The van der Waals surface area contributed by atoms with Crippen molar-refractivity contribution in [2.24, 2.45) is 0 Å². The van der Waals surface area contributed by atoms with E-state index in [1.165, 1.54) is 25.0 Å². The van der Waals surface area contributed by atoms with Gasteiger partial charge in [-0.2, -0.15) is 13.2 Å². The Kier molecular flexibility index (Phi) is 6.28. The number of urea groups is 1. The fourth-order valence-corrected chi connectivity index (χ4v) is 3.02. The Morgan fingerprint density at radius 3 is 2.57 bits per heavy atom. The highest BCUT2D eigenvalue weighted by molar-refractivity contribution is 5.89. The molecule has 3 rings (SSSR count). The highest BCUT2D eigenvalue weighted by Gasteiger charge is 2.28. The standard InChI is InChI=1S/C20H22F3N3O2/c21-20(22,23)14-28-18-8-3-5-15(11-18)13-24-19(27)25-16-6-4-7-17(12-16)26-9-1-2-10-26/h3-8,11-12H,1-2,9-10,13-14H2,(H2,24,25,27). The number of hydrogen-bond donors (Lipinski definition) is 2. The summed E-state index contributed by atoms with van der Waals surface area (Å²) in [6.07, 6.45) is -2.05. The lowest BCUT2D eigenvalue weighted by Gasteiger charge is -2.18. The van der Waals surface area contributed by atoms with Gasteiger partial charge in [-0.05, 0) is 48.7 Å². The van der Waals surface area contributed by atoms with Crippen LogP contribution in [-0.4, -0.2) is 31.9 Å². The van der Waals surface area contributed by atoms with Gasteiger partial charge >= 0.3 is 12.2 Å². The number of nitrogens with zero attached hydrogens (tertiary/aromatic N) is 1. The second-order valence-electron chi connectivity index (χ2n) is 6.60. The lowest BCUT2D eigenvalue weighted by Crippen LogP contribution is -2.28. The zero-order valence-corrected chi connectivity index (χ0v) is 15.3. The van der Waals surface area contributed by atoms with Crippen LogP contribution in [0.1, 0.15) is 18.4 Å². The van der Waals surface area contributed by atoms with Crippen LogP contribution in [0.2, 0.25) is 0 Å². The maximum atomic E-state index is 12.2. The van der Waals surface area contributed by atoms with E-state index in [-0.39, 0.29) is 18.3 Å². The van der Waals surface area contributed by atoms with Crippen LogP contribution in [0.3, 0.4) is 0 Å². The number of carbonyl (C=O) groups is 1. The van der Waals surface area contributed by atoms with Crippen LogP contribution < -0.4 is 20.3 Å². The molecule has 0 bridgehead atoms. The largest absolute Gasteiger partial charge is 0.484 e. The minimum absolute atomic E-state index is 0.107. The van der Waals surface area contributed by atoms with E-state index in [1.54, 1.807) is 12.1 Å². The molecule has 0 unspecified atom stereocenters. The van der Waals surface area contributed by atoms with Gasteiger partial charge in [0.1, 0.15) is 5.75 Å². The molecule has 8 heteroatoms. The van der Waals surface area contributed by atoms with Crippen LogP contribution in [0.15, 0.2) is 48.5 Å². The summed E-state index contributed by atoms with van der Waals surface area (Å²) in [6.45, 7) is 0.851. The topological polar surface area (TPSA) is 53.6 Å². The van der Waals surface area contributed by atoms with Gasteiger partial charge in [0.05, 0.1) is 0 Å². The van der Waals surface area contributed by atoms with Gasteiger partial charge in [0, 0.05) is 31.0 Å². The van der Waals surface area contributed by atoms with Crippen LogP contribution in [0.4, 0.5) is 29.3 Å². The third-order valence-corrected chi connectivity index (χ3v) is 4.33. The average Bonchev–Trinajstić information content (AvgIpc) is 3.20. The van der Waals surface area contributed by atoms with Crippen molar-refractivity contribution in [1.29, 1.82) is 0 Å². The van der Waals surface area contributed by atoms with Crippen molar-refractivity contribution in [3.63, 3.8) is 0 Å². The maximum absolute atomic E-state index is 12.2. The van der Waals surface area contributed by atoms with Gasteiger partial charge in [0.2, 0.25) is 0 Å². The summed E-state index contributed by atoms with van der Waals surface area (Å²) >= 11 is 0. The summed E-state index contributed by atoms with van der Waals surface area (Å²) in [5.74, 6) is 0.107. The van der Waals surface area contributed by atoms with Crippen molar-refractivity contribution in [2.45, 2.75) is 25.6 Å². The molecular weight excluding hydrogens is 371 g/mol. The van der Waals surface area contributed by atoms with Crippen LogP contribution in [-0.2, 0) is 6.54 Å². The van der Waals surface area contributed by atoms with Gasteiger partial charge in [0.25, 0.3) is 0 Å². The summed E-state index contributed by atoms with van der Waals surface area (Å²) in [7, 11) is 0. The Morgan fingerprint density at radius 1 is 1.07 bits per heavy atom. The van der Waals surface area contributed by atoms with Crippen LogP contribution >= 0.6 is 0 Å². The number of rotatable bonds is 6. The third-order valence-electron chi connectivity index (χ3n) is 4.33. The molecule has 0 aliphatic carbocycles. The first-order valence-electron chi connectivity index (χ1n) is 9.07. The zero-order valence-electron chi connectivity index (χ0n) is 15.3. The van der Waals surface area contributed by atoms with Gasteiger partial charge < -0.3 is 20.3 Å². The number of hydrogen-bond acceptors (Lipinski definition) is 3. The summed E-state index contributed by atoms with van der Waals surface area (Å²) in [6, 6.07) is 13.5. The zero-order chi connectivity index (χ0) is 20.0. The minimum atomic E-state index is -4.39. The molecule has 2 N–H and O–H groups in total. The highest BCUT2D eigenvalue weighted by Crippen LogP contribution is 2.23. The molecule has 0 atom stereocenters. The average molecular weight is 393 g/mol. The maximum Gasteiger partial charge on any atom is 0.422 e. The molecule has 1 saturated heterocycles. The van der Waals surface area contributed by atoms with E-state index in [9.17, 15) is 18.0 Å². The normalized spacial score (nSPS) is 14.0. The summed E-state index contributed by atoms with van der Waals surface area (Å²) in [5.41, 5.74) is 2.40. The summed E-state index contributed by atoms with van der Waals surface area (Å²) in [4.78, 5) is 14.4. The van der Waals surface area contributed by atoms with E-state index in [0.717, 1.165) is 18.8 Å². The fraction of sp³-hybridized carbons (Fsp3) is 0.350. The van der Waals surface area contributed by atoms with Gasteiger partial charge in [-0.15, -0.1) is 0 Å². The predicted octanol–water partition coefficient (Wildman–Crippen LogP) is 4.55. The molecule has 1 heterocycles. The molecule has 0 spiro atoms. The van der Waals surface area contributed by atoms with E-state index in [0.29, 0.717) is 11.3 Å². The van der Waals surface area contributed by atoms with Crippen molar-refractivity contribution >= 4 is 17.4 Å². The van der Waals surface area contributed by atoms with Crippen molar-refractivity contribution in [3.8, 4) is 5.75 Å². The molecule has 150 valence electrons. The molecule has 2 amide bonds. The van der Waals surface area contributed by atoms with E-state index in [2.05, 4.69) is 15.5 Å². The molecule has 2 aromatic carbocycles. The van der Waals surface area contributed by atoms with E-state index in [1.807, 2.05) is 24.3 Å². The van der Waals surface area contributed by atoms with Gasteiger partial charge in [-0.1, -0.05) is 18.2 Å². The van der Waals surface area contributed by atoms with Crippen molar-refractivity contribution < 1.29 is 22.7 Å². The predicted molar refractivity (Wildman–Crippen MR) is 102 cm³/mol. The Labute approximate surface area is 161 Å². The minimum Gasteiger partial charge on any atom is -0.484 e. The van der Waals surface area contributed by atoms with Crippen LogP contribution in [0.25, 0.3) is 0 Å². The van der Waals surface area contributed by atoms with Gasteiger partial charge in [0.15, 0.2) is 6.61 Å². The quantitative estimate of drug-likeness (QED) is 0.757. The van der Waals surface area contributed by atoms with E-state index < -0.39 is 12.8 Å². The molecule has 0 aromatic heterocycles. The van der Waals surface area contributed by atoms with Crippen molar-refractivity contribution in [2.75, 3.05) is 29.9 Å². The molecule has 1 aliphatic heterocycles. The van der Waals surface area contributed by atoms with E-state index in [4.69, 9.17) is 4.74 Å². The second kappa shape index (κ2) is 8.86. The fourth-order valence-electron chi connectivity index (χ4n) is 3.02. The van der Waals surface area contributed by atoms with E-state index >= 15 is 0 Å². The Hall–Kier alpha value is -2.90. The van der Waals surface area contributed by atoms with Crippen LogP contribution in [0.5, 0.6) is 5.75 Å². The number of amides is 2. The lowest BCUT2D eigenvalue weighted by atomic mass is 10.2. The number of ether oxygens (including phenoxy) is 1. The molecule has 1 aliphatic rings. The van der Waals surface area contributed by atoms with Gasteiger partial charge in [-0.25, -0.2) is 4.79 Å². The molecule has 28 heavy (non-hydrogen) atoms. The van der Waals surface area contributed by atoms with Gasteiger partial charge in [-0.3, -0.25) is 0 Å². The number of benzene rings is 2. The second-order valence-corrected chi connectivity index (χ2v) is 6.60. The molecule has 1 fully saturated rings. The number of halogens is 3. The first-order valence-corrected chi connectivity index (χ1v) is 9.07. The summed E-state index contributed by atoms with van der Waals surface area (Å²) < 4.78 is 41.4. The number of alkyl halides is 3. The van der Waals surface area contributed by atoms with Crippen molar-refractivity contribution in [1.82, 2.24) is 5.32 Å². The molecule has 2 aromatic rings. The highest BCUT2D eigenvalue weighted by atomic mass is 19.4. The SMILES string of the molecule is O=C(NCc1cccc(OCC(F)(F)F)c1)Nc1cccc(N2CCCC2)c1. The first kappa shape index (κ1) is 19.9. The number of anilines is 2. The Bertz CT molecular complexity index is 805. The Morgan fingerprint density at radius 2 is 1.82 bits per heavy atom. The monoisotopic (exact) mass is 393 g/mol. The number of nitrogens with one attached hydrogen (secondary N) is 2. The molecule has 0 radical (unpaired) electrons. The number of carbonyl (C=O) groups excluding carboxylic acids is 1. The molecular formula is C20H22F3N3O2. The van der Waals surface area contributed by atoms with Crippen LogP contribution in [0, 0.1) is 0 Å². The molecule has 0 saturated carbocycles. The summed E-state index contributed by atoms with van der Waals surface area (Å²) in [5, 5.41) is 5.47. The first-order chi connectivity index (χ1) is 13.4. The third kappa shape index (κ3) is 6.07. The smallest absolute Gasteiger partial charge is 0.422 e. The van der Waals surface area contributed by atoms with Crippen molar-refractivity contribution in [3.05, 3.63) is 54.1 Å². The lowest BCUT2D eigenvalue weighted by molar-refractivity contribution is -0.153. The Balaban J connectivity index is 1.51.